The summed E-state index contributed by atoms with van der Waals surface area (Å²) in [6, 6.07) is 28.2. The van der Waals surface area contributed by atoms with Crippen molar-refractivity contribution in [3.63, 3.8) is 0 Å². The van der Waals surface area contributed by atoms with Gasteiger partial charge in [0.05, 0.1) is 23.6 Å². The fourth-order valence-electron chi connectivity index (χ4n) is 7.17. The van der Waals surface area contributed by atoms with Crippen molar-refractivity contribution in [2.75, 3.05) is 10.2 Å². The number of phenols is 1. The number of benzene rings is 4. The van der Waals surface area contributed by atoms with Gasteiger partial charge in [-0.05, 0) is 84.1 Å². The third kappa shape index (κ3) is 4.30. The minimum absolute atomic E-state index is 0.175. The number of phenolic OH excluding ortho intramolecular Hbond substituents is 1. The van der Waals surface area contributed by atoms with Crippen molar-refractivity contribution < 1.29 is 24.4 Å². The van der Waals surface area contributed by atoms with Gasteiger partial charge in [-0.3, -0.25) is 14.5 Å². The SMILES string of the molecule is CCC1=C2B(O)O[C@H](c3ccc(O)c4ccccc34)C[C@H]2[C@H]2C(=O)N(c3ccc(Nc4ccccc4)cc3)C(=O)[C@H]2C1. The molecule has 0 bridgehead atoms. The Labute approximate surface area is 244 Å². The van der Waals surface area contributed by atoms with Gasteiger partial charge in [0.25, 0.3) is 0 Å². The number of amides is 2. The number of allylic oxidation sites excluding steroid dienone is 2. The number of nitrogens with zero attached hydrogens (tertiary/aromatic N) is 1. The first-order valence-electron chi connectivity index (χ1n) is 14.5. The Morgan fingerprint density at radius 3 is 2.29 bits per heavy atom. The summed E-state index contributed by atoms with van der Waals surface area (Å²) in [6.07, 6.45) is 1.06. The van der Waals surface area contributed by atoms with Crippen LogP contribution in [0.2, 0.25) is 0 Å². The Morgan fingerprint density at radius 1 is 0.857 bits per heavy atom. The molecule has 42 heavy (non-hydrogen) atoms. The first kappa shape index (κ1) is 26.5. The smallest absolute Gasteiger partial charge is 0.487 e. The highest BCUT2D eigenvalue weighted by Gasteiger charge is 2.58. The van der Waals surface area contributed by atoms with Crippen LogP contribution in [0.15, 0.2) is 102 Å². The lowest BCUT2D eigenvalue weighted by molar-refractivity contribution is -0.123. The first-order valence-corrected chi connectivity index (χ1v) is 14.5. The second kappa shape index (κ2) is 10.5. The zero-order valence-electron chi connectivity index (χ0n) is 23.2. The molecule has 8 heteroatoms. The minimum atomic E-state index is -1.17. The van der Waals surface area contributed by atoms with Crippen LogP contribution in [-0.4, -0.2) is 29.1 Å². The molecule has 3 aliphatic rings. The molecular weight excluding hydrogens is 527 g/mol. The van der Waals surface area contributed by atoms with Gasteiger partial charge in [0.15, 0.2) is 0 Å². The number of anilines is 3. The number of aromatic hydroxyl groups is 1. The van der Waals surface area contributed by atoms with Crippen molar-refractivity contribution in [1.82, 2.24) is 0 Å². The van der Waals surface area contributed by atoms with Crippen molar-refractivity contribution in [3.05, 3.63) is 108 Å². The predicted molar refractivity (Wildman–Crippen MR) is 163 cm³/mol. The highest BCUT2D eigenvalue weighted by Crippen LogP contribution is 2.53. The van der Waals surface area contributed by atoms with Gasteiger partial charge in [-0.25, -0.2) is 0 Å². The normalized spacial score (nSPS) is 23.8. The maximum Gasteiger partial charge on any atom is 0.487 e. The number of rotatable bonds is 5. The Morgan fingerprint density at radius 2 is 1.55 bits per heavy atom. The van der Waals surface area contributed by atoms with Gasteiger partial charge in [-0.2, -0.15) is 0 Å². The molecule has 0 radical (unpaired) electrons. The molecule has 4 aromatic carbocycles. The van der Waals surface area contributed by atoms with Crippen LogP contribution in [0.25, 0.3) is 10.8 Å². The molecule has 0 saturated carbocycles. The number of carbonyl (C=O) groups excluding carboxylic acids is 2. The zero-order valence-corrected chi connectivity index (χ0v) is 23.2. The van der Waals surface area contributed by atoms with Crippen LogP contribution in [-0.2, 0) is 14.2 Å². The van der Waals surface area contributed by atoms with E-state index < -0.39 is 25.1 Å². The van der Waals surface area contributed by atoms with Crippen LogP contribution < -0.4 is 10.2 Å². The number of imide groups is 1. The van der Waals surface area contributed by atoms with Crippen molar-refractivity contribution >= 4 is 46.8 Å². The van der Waals surface area contributed by atoms with E-state index in [0.717, 1.165) is 33.4 Å². The topological polar surface area (TPSA) is 99.1 Å². The third-order valence-corrected chi connectivity index (χ3v) is 9.11. The second-order valence-electron chi connectivity index (χ2n) is 11.3. The van der Waals surface area contributed by atoms with Gasteiger partial charge in [0, 0.05) is 16.8 Å². The van der Waals surface area contributed by atoms with Gasteiger partial charge in [0.2, 0.25) is 11.8 Å². The number of para-hydroxylation sites is 1. The van der Waals surface area contributed by atoms with Crippen LogP contribution in [0.5, 0.6) is 5.75 Å². The molecule has 2 fully saturated rings. The van der Waals surface area contributed by atoms with Gasteiger partial charge >= 0.3 is 7.12 Å². The summed E-state index contributed by atoms with van der Waals surface area (Å²) in [5, 5.41) is 26.6. The van der Waals surface area contributed by atoms with Crippen molar-refractivity contribution in [1.29, 1.82) is 0 Å². The van der Waals surface area contributed by atoms with Crippen molar-refractivity contribution in [2.45, 2.75) is 32.3 Å². The van der Waals surface area contributed by atoms with Crippen LogP contribution in [0.3, 0.4) is 0 Å². The summed E-state index contributed by atoms with van der Waals surface area (Å²) in [4.78, 5) is 29.3. The average Bonchev–Trinajstić information content (AvgIpc) is 3.27. The molecule has 3 N–H and O–H groups in total. The minimum Gasteiger partial charge on any atom is -0.507 e. The molecule has 2 amide bonds. The molecule has 4 aromatic rings. The van der Waals surface area contributed by atoms with E-state index in [0.29, 0.717) is 30.3 Å². The Kier molecular flexibility index (Phi) is 6.60. The van der Waals surface area contributed by atoms with E-state index in [-0.39, 0.29) is 23.5 Å². The molecule has 2 aliphatic heterocycles. The molecule has 7 nitrogen and oxygen atoms in total. The number of hydrogen-bond donors (Lipinski definition) is 3. The summed E-state index contributed by atoms with van der Waals surface area (Å²) >= 11 is 0. The molecule has 1 aliphatic carbocycles. The van der Waals surface area contributed by atoms with Crippen LogP contribution in [0.4, 0.5) is 17.1 Å². The van der Waals surface area contributed by atoms with E-state index >= 15 is 0 Å². The molecule has 7 rings (SSSR count). The summed E-state index contributed by atoms with van der Waals surface area (Å²) < 4.78 is 6.21. The monoisotopic (exact) mass is 558 g/mol. The molecule has 0 unspecified atom stereocenters. The van der Waals surface area contributed by atoms with E-state index in [2.05, 4.69) is 5.32 Å². The van der Waals surface area contributed by atoms with E-state index in [1.807, 2.05) is 79.7 Å². The lowest BCUT2D eigenvalue weighted by Crippen LogP contribution is -2.44. The Balaban J connectivity index is 1.21. The Bertz CT molecular complexity index is 1720. The van der Waals surface area contributed by atoms with Crippen LogP contribution >= 0.6 is 0 Å². The summed E-state index contributed by atoms with van der Waals surface area (Å²) in [5.41, 5.74) is 4.94. The lowest BCUT2D eigenvalue weighted by Gasteiger charge is -2.42. The molecule has 4 atom stereocenters. The first-order chi connectivity index (χ1) is 20.4. The van der Waals surface area contributed by atoms with Gasteiger partial charge in [-0.15, -0.1) is 0 Å². The molecule has 2 heterocycles. The van der Waals surface area contributed by atoms with Crippen molar-refractivity contribution in [2.24, 2.45) is 17.8 Å². The highest BCUT2D eigenvalue weighted by molar-refractivity contribution is 6.53. The number of carbonyl (C=O) groups is 2. The largest absolute Gasteiger partial charge is 0.507 e. The quantitative estimate of drug-likeness (QED) is 0.196. The second-order valence-corrected chi connectivity index (χ2v) is 11.3. The van der Waals surface area contributed by atoms with E-state index in [1.54, 1.807) is 18.2 Å². The molecule has 210 valence electrons. The van der Waals surface area contributed by atoms with Crippen molar-refractivity contribution in [3.8, 4) is 5.75 Å². The molecule has 0 spiro atoms. The summed E-state index contributed by atoms with van der Waals surface area (Å²) in [5.74, 6) is -1.63. The van der Waals surface area contributed by atoms with Gasteiger partial charge in [-0.1, -0.05) is 61.0 Å². The third-order valence-electron chi connectivity index (χ3n) is 9.11. The number of fused-ring (bicyclic) bond motifs is 4. The maximum absolute atomic E-state index is 14.1. The Hall–Kier alpha value is -4.40. The fourth-order valence-corrected chi connectivity index (χ4v) is 7.17. The lowest BCUT2D eigenvalue weighted by atomic mass is 9.55. The van der Waals surface area contributed by atoms with Gasteiger partial charge < -0.3 is 20.1 Å². The molecule has 0 aromatic heterocycles. The predicted octanol–water partition coefficient (Wildman–Crippen LogP) is 6.30. The van der Waals surface area contributed by atoms with Crippen LogP contribution in [0, 0.1) is 17.8 Å². The van der Waals surface area contributed by atoms with E-state index in [9.17, 15) is 19.7 Å². The number of hydrogen-bond acceptors (Lipinski definition) is 6. The average molecular weight is 558 g/mol. The zero-order chi connectivity index (χ0) is 29.0. The summed E-state index contributed by atoms with van der Waals surface area (Å²) in [7, 11) is -1.17. The standard InChI is InChI=1S/C34H31BN2O5/c1-2-20-18-28-31(34(40)37(33(28)39)23-14-12-22(13-15-23)36-21-8-4-3-5-9-21)27-19-30(42-35(41)32(20)27)26-16-17-29(38)25-11-7-6-10-24(25)26/h3-17,27-28,30-31,36,38,41H,2,18-19H2,1H3/t27-,28-,30-,31+/m0/s1. The highest BCUT2D eigenvalue weighted by atomic mass is 16.5. The van der Waals surface area contributed by atoms with Gasteiger partial charge in [0.1, 0.15) is 5.75 Å². The maximum atomic E-state index is 14.1. The van der Waals surface area contributed by atoms with E-state index in [1.165, 1.54) is 4.90 Å². The van der Waals surface area contributed by atoms with E-state index in [4.69, 9.17) is 4.65 Å². The molecular formula is C34H31BN2O5. The summed E-state index contributed by atoms with van der Waals surface area (Å²) in [6.45, 7) is 2.02. The molecule has 2 saturated heterocycles. The van der Waals surface area contributed by atoms with Crippen LogP contribution in [0.1, 0.15) is 37.9 Å². The number of nitrogens with one attached hydrogen (secondary N) is 1. The fraction of sp³-hybridized carbons (Fsp3) is 0.235.